The van der Waals surface area contributed by atoms with E-state index in [0.717, 1.165) is 24.6 Å². The number of likely N-dealkylation sites (tertiary alicyclic amines) is 1. The van der Waals surface area contributed by atoms with Crippen LogP contribution in [0.3, 0.4) is 0 Å². The van der Waals surface area contributed by atoms with Crippen molar-refractivity contribution in [1.29, 1.82) is 0 Å². The molecule has 1 N–H and O–H groups in total. The molecule has 1 unspecified atom stereocenters. The lowest BCUT2D eigenvalue weighted by molar-refractivity contribution is 0.282. The van der Waals surface area contributed by atoms with Crippen LogP contribution in [0.4, 0.5) is 0 Å². The molecular formula is C15H27N3O. The van der Waals surface area contributed by atoms with Gasteiger partial charge in [0.15, 0.2) is 0 Å². The van der Waals surface area contributed by atoms with Gasteiger partial charge in [-0.1, -0.05) is 13.8 Å². The summed E-state index contributed by atoms with van der Waals surface area (Å²) in [5.41, 5.74) is 0. The number of hydrogen-bond donors (Lipinski definition) is 1. The molecule has 0 amide bonds. The largest absolute Gasteiger partial charge is 0.444 e. The lowest BCUT2D eigenvalue weighted by atomic mass is 10.1. The second-order valence-corrected chi connectivity index (χ2v) is 5.42. The van der Waals surface area contributed by atoms with Crippen molar-refractivity contribution in [1.82, 2.24) is 15.2 Å². The van der Waals surface area contributed by atoms with Crippen LogP contribution in [0, 0.1) is 0 Å². The molecule has 4 heteroatoms. The monoisotopic (exact) mass is 265 g/mol. The highest BCUT2D eigenvalue weighted by Gasteiger charge is 2.16. The third-order valence-corrected chi connectivity index (χ3v) is 3.85. The van der Waals surface area contributed by atoms with Crippen molar-refractivity contribution in [2.24, 2.45) is 0 Å². The molecule has 1 aromatic rings. The zero-order valence-corrected chi connectivity index (χ0v) is 12.3. The second-order valence-electron chi connectivity index (χ2n) is 5.42. The van der Waals surface area contributed by atoms with Crippen molar-refractivity contribution < 1.29 is 4.42 Å². The van der Waals surface area contributed by atoms with Crippen molar-refractivity contribution >= 4 is 0 Å². The van der Waals surface area contributed by atoms with E-state index in [1.54, 1.807) is 0 Å². The molecule has 108 valence electrons. The van der Waals surface area contributed by atoms with Gasteiger partial charge in [0, 0.05) is 12.5 Å². The van der Waals surface area contributed by atoms with Gasteiger partial charge in [0.05, 0.1) is 12.7 Å². The van der Waals surface area contributed by atoms with Crippen molar-refractivity contribution in [3.63, 3.8) is 0 Å². The Labute approximate surface area is 116 Å². The molecular weight excluding hydrogens is 238 g/mol. The lowest BCUT2D eigenvalue weighted by Gasteiger charge is -2.19. The van der Waals surface area contributed by atoms with Gasteiger partial charge in [-0.15, -0.1) is 0 Å². The number of hydrogen-bond acceptors (Lipinski definition) is 4. The van der Waals surface area contributed by atoms with Crippen LogP contribution in [0.25, 0.3) is 0 Å². The van der Waals surface area contributed by atoms with Crippen molar-refractivity contribution in [2.45, 2.75) is 58.5 Å². The number of oxazole rings is 1. The highest BCUT2D eigenvalue weighted by Crippen LogP contribution is 2.12. The first-order valence-corrected chi connectivity index (χ1v) is 7.71. The molecule has 2 heterocycles. The minimum absolute atomic E-state index is 0.610. The molecule has 0 radical (unpaired) electrons. The first-order valence-electron chi connectivity index (χ1n) is 7.71. The summed E-state index contributed by atoms with van der Waals surface area (Å²) >= 11 is 0. The van der Waals surface area contributed by atoms with Gasteiger partial charge in [-0.3, -0.25) is 0 Å². The molecule has 4 nitrogen and oxygen atoms in total. The molecule has 1 atom stereocenters. The molecule has 0 aliphatic carbocycles. The predicted octanol–water partition coefficient (Wildman–Crippen LogP) is 2.59. The van der Waals surface area contributed by atoms with E-state index in [2.05, 4.69) is 29.0 Å². The first kappa shape index (κ1) is 14.5. The van der Waals surface area contributed by atoms with Crippen LogP contribution in [0.15, 0.2) is 10.6 Å². The Morgan fingerprint density at radius 3 is 3.00 bits per heavy atom. The molecule has 19 heavy (non-hydrogen) atoms. The number of aryl methyl sites for hydroxylation is 1. The van der Waals surface area contributed by atoms with Gasteiger partial charge in [-0.05, 0) is 45.3 Å². The van der Waals surface area contributed by atoms with E-state index in [-0.39, 0.29) is 0 Å². The summed E-state index contributed by atoms with van der Waals surface area (Å²) in [7, 11) is 0. The van der Waals surface area contributed by atoms with Crippen LogP contribution in [0.1, 0.15) is 51.2 Å². The minimum atomic E-state index is 0.610. The Morgan fingerprint density at radius 2 is 2.26 bits per heavy atom. The zero-order valence-electron chi connectivity index (χ0n) is 12.3. The summed E-state index contributed by atoms with van der Waals surface area (Å²) in [6.07, 6.45) is 7.82. The van der Waals surface area contributed by atoms with Gasteiger partial charge >= 0.3 is 0 Å². The van der Waals surface area contributed by atoms with Crippen LogP contribution in [-0.4, -0.2) is 35.6 Å². The van der Waals surface area contributed by atoms with Crippen LogP contribution >= 0.6 is 0 Å². The number of nitrogens with one attached hydrogen (secondary N) is 1. The normalized spacial score (nSPS) is 21.5. The molecule has 0 bridgehead atoms. The fourth-order valence-electron chi connectivity index (χ4n) is 2.72. The van der Waals surface area contributed by atoms with Gasteiger partial charge in [0.1, 0.15) is 5.76 Å². The first-order chi connectivity index (χ1) is 9.31. The predicted molar refractivity (Wildman–Crippen MR) is 77.1 cm³/mol. The van der Waals surface area contributed by atoms with Gasteiger partial charge in [0.2, 0.25) is 5.89 Å². The standard InChI is InChI=1S/C15H27N3O/c1-3-8-18-9-5-6-13(7-10-18)16-12-15-17-11-14(4-2)19-15/h11,13,16H,3-10,12H2,1-2H3. The third kappa shape index (κ3) is 4.62. The third-order valence-electron chi connectivity index (χ3n) is 3.85. The highest BCUT2D eigenvalue weighted by atomic mass is 16.4. The fourth-order valence-corrected chi connectivity index (χ4v) is 2.72. The maximum atomic E-state index is 5.63. The van der Waals surface area contributed by atoms with E-state index in [1.165, 1.54) is 45.3 Å². The van der Waals surface area contributed by atoms with Crippen LogP contribution in [0.2, 0.25) is 0 Å². The topological polar surface area (TPSA) is 41.3 Å². The van der Waals surface area contributed by atoms with Gasteiger partial charge in [-0.25, -0.2) is 4.98 Å². The molecule has 1 saturated heterocycles. The molecule has 1 aromatic heterocycles. The summed E-state index contributed by atoms with van der Waals surface area (Å²) in [5.74, 6) is 1.80. The van der Waals surface area contributed by atoms with Gasteiger partial charge < -0.3 is 14.6 Å². The molecule has 0 saturated carbocycles. The lowest BCUT2D eigenvalue weighted by Crippen LogP contribution is -2.31. The maximum absolute atomic E-state index is 5.63. The molecule has 1 aliphatic rings. The maximum Gasteiger partial charge on any atom is 0.208 e. The smallest absolute Gasteiger partial charge is 0.208 e. The van der Waals surface area contributed by atoms with Crippen molar-refractivity contribution in [3.8, 4) is 0 Å². The Hall–Kier alpha value is -0.870. The number of aromatic nitrogens is 1. The quantitative estimate of drug-likeness (QED) is 0.858. The number of nitrogens with zero attached hydrogens (tertiary/aromatic N) is 2. The van der Waals surface area contributed by atoms with Crippen LogP contribution < -0.4 is 5.32 Å². The summed E-state index contributed by atoms with van der Waals surface area (Å²) in [6.45, 7) is 8.83. The van der Waals surface area contributed by atoms with Crippen molar-refractivity contribution in [3.05, 3.63) is 17.8 Å². The van der Waals surface area contributed by atoms with E-state index in [0.29, 0.717) is 6.04 Å². The van der Waals surface area contributed by atoms with Crippen LogP contribution in [0.5, 0.6) is 0 Å². The molecule has 1 fully saturated rings. The van der Waals surface area contributed by atoms with Crippen LogP contribution in [-0.2, 0) is 13.0 Å². The van der Waals surface area contributed by atoms with E-state index in [1.807, 2.05) is 6.20 Å². The summed E-state index contributed by atoms with van der Waals surface area (Å²) in [4.78, 5) is 6.88. The molecule has 0 aromatic carbocycles. The Morgan fingerprint density at radius 1 is 1.37 bits per heavy atom. The molecule has 1 aliphatic heterocycles. The Bertz CT molecular complexity index is 364. The molecule has 0 spiro atoms. The summed E-state index contributed by atoms with van der Waals surface area (Å²) < 4.78 is 5.63. The van der Waals surface area contributed by atoms with Crippen molar-refractivity contribution in [2.75, 3.05) is 19.6 Å². The number of rotatable bonds is 6. The highest BCUT2D eigenvalue weighted by molar-refractivity contribution is 4.93. The van der Waals surface area contributed by atoms with E-state index in [4.69, 9.17) is 4.42 Å². The Kier molecular flexibility index (Phi) is 5.86. The Balaban J connectivity index is 1.73. The fraction of sp³-hybridized carbons (Fsp3) is 0.800. The van der Waals surface area contributed by atoms with E-state index < -0.39 is 0 Å². The zero-order chi connectivity index (χ0) is 13.5. The average Bonchev–Trinajstić information content (AvgIpc) is 2.77. The average molecular weight is 265 g/mol. The van der Waals surface area contributed by atoms with Gasteiger partial charge in [-0.2, -0.15) is 0 Å². The summed E-state index contributed by atoms with van der Waals surface area (Å²) in [5, 5.41) is 3.60. The van der Waals surface area contributed by atoms with E-state index >= 15 is 0 Å². The van der Waals surface area contributed by atoms with Gasteiger partial charge in [0.25, 0.3) is 0 Å². The minimum Gasteiger partial charge on any atom is -0.444 e. The second kappa shape index (κ2) is 7.65. The molecule has 2 rings (SSSR count). The summed E-state index contributed by atoms with van der Waals surface area (Å²) in [6, 6.07) is 0.610. The SMILES string of the molecule is CCCN1CCCC(NCc2ncc(CC)o2)CC1. The van der Waals surface area contributed by atoms with E-state index in [9.17, 15) is 0 Å².